The van der Waals surface area contributed by atoms with E-state index in [-0.39, 0.29) is 29.0 Å². The van der Waals surface area contributed by atoms with Crippen molar-refractivity contribution in [2.45, 2.75) is 62.8 Å². The number of sulfonamides is 1. The molecule has 4 rings (SSSR count). The smallest absolute Gasteiger partial charge is 0.337 e. The SMILES string of the molecule is CCCCCC[C@@H]1[C@@H](c2ccc([N+](=O)[O-])cc2)N(S(=O)(=O)c2ccc(C)cc2)C[C@H]1c1ccc(C(=O)OC)cc1. The lowest BCUT2D eigenvalue weighted by molar-refractivity contribution is -0.384. The van der Waals surface area contributed by atoms with E-state index in [1.54, 1.807) is 52.8 Å². The number of nitro benzene ring substituents is 1. The van der Waals surface area contributed by atoms with Gasteiger partial charge in [0.15, 0.2) is 0 Å². The lowest BCUT2D eigenvalue weighted by atomic mass is 9.79. The molecule has 0 aromatic heterocycles. The van der Waals surface area contributed by atoms with E-state index in [0.717, 1.165) is 48.8 Å². The highest BCUT2D eigenvalue weighted by molar-refractivity contribution is 7.89. The van der Waals surface area contributed by atoms with Crippen LogP contribution in [0.1, 0.15) is 78.0 Å². The number of hydrogen-bond acceptors (Lipinski definition) is 6. The maximum absolute atomic E-state index is 14.1. The van der Waals surface area contributed by atoms with Crippen LogP contribution >= 0.6 is 0 Å². The maximum Gasteiger partial charge on any atom is 0.337 e. The minimum atomic E-state index is -3.89. The predicted molar refractivity (Wildman–Crippen MR) is 154 cm³/mol. The summed E-state index contributed by atoms with van der Waals surface area (Å²) in [7, 11) is -2.55. The quantitative estimate of drug-likeness (QED) is 0.110. The molecule has 0 bridgehead atoms. The zero-order valence-electron chi connectivity index (χ0n) is 23.2. The van der Waals surface area contributed by atoms with Crippen LogP contribution in [0, 0.1) is 23.0 Å². The molecule has 1 saturated heterocycles. The van der Waals surface area contributed by atoms with Crippen molar-refractivity contribution in [2.75, 3.05) is 13.7 Å². The summed E-state index contributed by atoms with van der Waals surface area (Å²) >= 11 is 0. The Hall–Kier alpha value is -3.56. The van der Waals surface area contributed by atoms with Crippen LogP contribution in [0.4, 0.5) is 5.69 Å². The number of non-ortho nitro benzene ring substituents is 1. The molecule has 0 spiro atoms. The topological polar surface area (TPSA) is 107 Å². The number of nitro groups is 1. The van der Waals surface area contributed by atoms with Gasteiger partial charge in [-0.25, -0.2) is 13.2 Å². The van der Waals surface area contributed by atoms with E-state index >= 15 is 0 Å². The summed E-state index contributed by atoms with van der Waals surface area (Å²) in [6.45, 7) is 4.32. The normalized spacial score (nSPS) is 19.4. The second kappa shape index (κ2) is 12.7. The van der Waals surface area contributed by atoms with Crippen LogP contribution in [-0.2, 0) is 14.8 Å². The minimum absolute atomic E-state index is 0.0378. The molecule has 8 nitrogen and oxygen atoms in total. The highest BCUT2D eigenvalue weighted by Gasteiger charge is 2.48. The van der Waals surface area contributed by atoms with Crippen molar-refractivity contribution < 1.29 is 22.9 Å². The molecule has 1 aliphatic rings. The van der Waals surface area contributed by atoms with Crippen molar-refractivity contribution in [3.05, 3.63) is 105 Å². The summed E-state index contributed by atoms with van der Waals surface area (Å²) in [5.74, 6) is -0.627. The van der Waals surface area contributed by atoms with Gasteiger partial charge in [-0.3, -0.25) is 10.1 Å². The van der Waals surface area contributed by atoms with Gasteiger partial charge in [-0.05, 0) is 54.7 Å². The summed E-state index contributed by atoms with van der Waals surface area (Å²) in [6.07, 6.45) is 4.96. The van der Waals surface area contributed by atoms with Crippen molar-refractivity contribution >= 4 is 21.7 Å². The van der Waals surface area contributed by atoms with Gasteiger partial charge in [0.05, 0.1) is 28.5 Å². The molecule has 0 unspecified atom stereocenters. The number of rotatable bonds is 11. The first kappa shape index (κ1) is 29.4. The molecule has 0 saturated carbocycles. The first-order valence-electron chi connectivity index (χ1n) is 13.7. The number of methoxy groups -OCH3 is 1. The third kappa shape index (κ3) is 6.26. The fourth-order valence-electron chi connectivity index (χ4n) is 5.68. The largest absolute Gasteiger partial charge is 0.465 e. The van der Waals surface area contributed by atoms with Gasteiger partial charge >= 0.3 is 5.97 Å². The number of benzene rings is 3. The van der Waals surface area contributed by atoms with Crippen molar-refractivity contribution in [1.82, 2.24) is 4.31 Å². The van der Waals surface area contributed by atoms with E-state index in [9.17, 15) is 23.3 Å². The van der Waals surface area contributed by atoms with E-state index in [1.165, 1.54) is 19.2 Å². The molecule has 0 aliphatic carbocycles. The Balaban J connectivity index is 1.81. The Bertz CT molecular complexity index is 1420. The molecule has 1 aliphatic heterocycles. The van der Waals surface area contributed by atoms with Crippen LogP contribution in [0.15, 0.2) is 77.7 Å². The highest BCUT2D eigenvalue weighted by Crippen LogP contribution is 2.50. The van der Waals surface area contributed by atoms with Gasteiger partial charge in [0.2, 0.25) is 10.0 Å². The molecule has 3 aromatic rings. The second-order valence-corrected chi connectivity index (χ2v) is 12.3. The fourth-order valence-corrected chi connectivity index (χ4v) is 7.36. The van der Waals surface area contributed by atoms with Crippen molar-refractivity contribution in [2.24, 2.45) is 5.92 Å². The zero-order chi connectivity index (χ0) is 28.9. The average Bonchev–Trinajstić information content (AvgIpc) is 3.35. The molecule has 40 heavy (non-hydrogen) atoms. The van der Waals surface area contributed by atoms with Crippen LogP contribution in [0.25, 0.3) is 0 Å². The first-order valence-corrected chi connectivity index (χ1v) is 15.1. The molecule has 212 valence electrons. The summed E-state index contributed by atoms with van der Waals surface area (Å²) in [5.41, 5.74) is 3.03. The first-order chi connectivity index (χ1) is 19.2. The summed E-state index contributed by atoms with van der Waals surface area (Å²) in [5, 5.41) is 11.3. The fraction of sp³-hybridized carbons (Fsp3) is 0.387. The van der Waals surface area contributed by atoms with Crippen LogP contribution in [0.5, 0.6) is 0 Å². The predicted octanol–water partition coefficient (Wildman–Crippen LogP) is 6.81. The number of ether oxygens (including phenoxy) is 1. The Morgan fingerprint density at radius 3 is 2.15 bits per heavy atom. The van der Waals surface area contributed by atoms with E-state index in [4.69, 9.17) is 4.74 Å². The Morgan fingerprint density at radius 1 is 0.950 bits per heavy atom. The number of hydrogen-bond donors (Lipinski definition) is 0. The maximum atomic E-state index is 14.1. The number of nitrogens with zero attached hydrogens (tertiary/aromatic N) is 2. The highest BCUT2D eigenvalue weighted by atomic mass is 32.2. The van der Waals surface area contributed by atoms with Gasteiger partial charge in [0.1, 0.15) is 0 Å². The van der Waals surface area contributed by atoms with Gasteiger partial charge in [-0.1, -0.05) is 74.6 Å². The lowest BCUT2D eigenvalue weighted by Gasteiger charge is -2.29. The van der Waals surface area contributed by atoms with E-state index in [1.807, 2.05) is 19.1 Å². The molecule has 3 atom stereocenters. The number of aryl methyl sites for hydroxylation is 1. The minimum Gasteiger partial charge on any atom is -0.465 e. The summed E-state index contributed by atoms with van der Waals surface area (Å²) < 4.78 is 34.7. The van der Waals surface area contributed by atoms with Gasteiger partial charge in [0, 0.05) is 24.6 Å². The molecular formula is C31H36N2O6S. The average molecular weight is 565 g/mol. The van der Waals surface area contributed by atoms with Crippen molar-refractivity contribution in [1.29, 1.82) is 0 Å². The van der Waals surface area contributed by atoms with Gasteiger partial charge < -0.3 is 4.74 Å². The summed E-state index contributed by atoms with van der Waals surface area (Å²) in [4.78, 5) is 23.1. The number of carbonyl (C=O) groups excluding carboxylic acids is 1. The summed E-state index contributed by atoms with van der Waals surface area (Å²) in [6, 6.07) is 19.8. The van der Waals surface area contributed by atoms with E-state index in [2.05, 4.69) is 6.92 Å². The third-order valence-corrected chi connectivity index (χ3v) is 9.69. The Labute approximate surface area is 236 Å². The van der Waals surface area contributed by atoms with Crippen LogP contribution < -0.4 is 0 Å². The molecule has 1 heterocycles. The molecule has 3 aromatic carbocycles. The second-order valence-electron chi connectivity index (χ2n) is 10.4. The molecule has 0 amide bonds. The molecule has 0 N–H and O–H groups in total. The van der Waals surface area contributed by atoms with Crippen LogP contribution in [0.2, 0.25) is 0 Å². The number of unbranched alkanes of at least 4 members (excludes halogenated alkanes) is 3. The number of esters is 1. The van der Waals surface area contributed by atoms with Gasteiger partial charge in [0.25, 0.3) is 5.69 Å². The molecule has 0 radical (unpaired) electrons. The van der Waals surface area contributed by atoms with E-state index in [0.29, 0.717) is 5.56 Å². The van der Waals surface area contributed by atoms with E-state index < -0.39 is 27.0 Å². The van der Waals surface area contributed by atoms with Gasteiger partial charge in [-0.2, -0.15) is 4.31 Å². The molecular weight excluding hydrogens is 528 g/mol. The van der Waals surface area contributed by atoms with Crippen molar-refractivity contribution in [3.8, 4) is 0 Å². The van der Waals surface area contributed by atoms with Gasteiger partial charge in [-0.15, -0.1) is 0 Å². The van der Waals surface area contributed by atoms with Crippen LogP contribution in [0.3, 0.4) is 0 Å². The zero-order valence-corrected chi connectivity index (χ0v) is 24.0. The van der Waals surface area contributed by atoms with Crippen LogP contribution in [-0.4, -0.2) is 37.3 Å². The lowest BCUT2D eigenvalue weighted by Crippen LogP contribution is -2.32. The Kier molecular flexibility index (Phi) is 9.37. The molecule has 1 fully saturated rings. The standard InChI is InChI=1S/C31H36N2O6S/c1-4-5-6-7-8-28-29(23-11-13-25(14-12-23)31(34)39-3)21-32(40(37,38)27-19-9-22(2)10-20-27)30(28)24-15-17-26(18-16-24)33(35)36/h9-20,28-30H,4-8,21H2,1-3H3/t28-,29-,30+/m0/s1. The molecule has 9 heteroatoms. The Morgan fingerprint density at radius 2 is 1.57 bits per heavy atom. The van der Waals surface area contributed by atoms with Crippen molar-refractivity contribution in [3.63, 3.8) is 0 Å². The number of carbonyl (C=O) groups is 1. The monoisotopic (exact) mass is 564 g/mol. The third-order valence-electron chi connectivity index (χ3n) is 7.83.